The van der Waals surface area contributed by atoms with Crippen molar-refractivity contribution < 1.29 is 9.53 Å². The van der Waals surface area contributed by atoms with Gasteiger partial charge in [-0.05, 0) is 32.0 Å². The maximum Gasteiger partial charge on any atom is 0.330 e. The number of carbonyl (C=O) groups is 1. The van der Waals surface area contributed by atoms with Gasteiger partial charge in [0.15, 0.2) is 5.65 Å². The lowest BCUT2D eigenvalue weighted by Crippen LogP contribution is -2.23. The standard InChI is InChI=1S/C18H22N6O3/c1-10(2)24-15-13(23(4)18(24)26)9-20-17(22-15)21-12-7-6-11(16(25)19-3)8-14(12)27-5/h6-10H,1-5H3,(H,19,25)(H,20,21,22). The molecule has 3 rings (SSSR count). The van der Waals surface area contributed by atoms with Crippen LogP contribution in [0.3, 0.4) is 0 Å². The highest BCUT2D eigenvalue weighted by atomic mass is 16.5. The number of carbonyl (C=O) groups excluding carboxylic acids is 1. The van der Waals surface area contributed by atoms with E-state index in [1.807, 2.05) is 13.8 Å². The van der Waals surface area contributed by atoms with Crippen LogP contribution in [0.5, 0.6) is 5.75 Å². The van der Waals surface area contributed by atoms with E-state index in [0.29, 0.717) is 34.1 Å². The van der Waals surface area contributed by atoms with E-state index in [-0.39, 0.29) is 17.6 Å². The molecule has 0 unspecified atom stereocenters. The number of imidazole rings is 1. The Labute approximate surface area is 156 Å². The van der Waals surface area contributed by atoms with E-state index in [1.54, 1.807) is 43.1 Å². The lowest BCUT2D eigenvalue weighted by molar-refractivity contribution is 0.0963. The van der Waals surface area contributed by atoms with Gasteiger partial charge in [0.05, 0.1) is 19.0 Å². The van der Waals surface area contributed by atoms with Crippen LogP contribution in [0.1, 0.15) is 30.2 Å². The van der Waals surface area contributed by atoms with Gasteiger partial charge in [-0.1, -0.05) is 0 Å². The van der Waals surface area contributed by atoms with Gasteiger partial charge in [0.1, 0.15) is 11.3 Å². The fourth-order valence-electron chi connectivity index (χ4n) is 2.86. The highest BCUT2D eigenvalue weighted by Gasteiger charge is 2.16. The molecule has 0 fully saturated rings. The Kier molecular flexibility index (Phi) is 4.85. The summed E-state index contributed by atoms with van der Waals surface area (Å²) < 4.78 is 8.51. The SMILES string of the molecule is CNC(=O)c1ccc(Nc2ncc3c(n2)n(C(C)C)c(=O)n3C)c(OC)c1. The van der Waals surface area contributed by atoms with E-state index >= 15 is 0 Å². The van der Waals surface area contributed by atoms with Crippen LogP contribution in [0.2, 0.25) is 0 Å². The van der Waals surface area contributed by atoms with Gasteiger partial charge in [-0.3, -0.25) is 13.9 Å². The smallest absolute Gasteiger partial charge is 0.330 e. The van der Waals surface area contributed by atoms with Gasteiger partial charge in [0.25, 0.3) is 5.91 Å². The zero-order valence-corrected chi connectivity index (χ0v) is 15.9. The molecule has 0 radical (unpaired) electrons. The van der Waals surface area contributed by atoms with Crippen LogP contribution in [-0.2, 0) is 7.05 Å². The first-order chi connectivity index (χ1) is 12.9. The van der Waals surface area contributed by atoms with Crippen molar-refractivity contribution in [2.75, 3.05) is 19.5 Å². The van der Waals surface area contributed by atoms with E-state index < -0.39 is 0 Å². The van der Waals surface area contributed by atoms with Crippen molar-refractivity contribution in [3.05, 3.63) is 40.4 Å². The fourth-order valence-corrected chi connectivity index (χ4v) is 2.86. The molecule has 0 spiro atoms. The summed E-state index contributed by atoms with van der Waals surface area (Å²) in [5, 5.41) is 5.66. The molecular formula is C18H22N6O3. The van der Waals surface area contributed by atoms with E-state index in [2.05, 4.69) is 20.6 Å². The highest BCUT2D eigenvalue weighted by molar-refractivity contribution is 5.95. The van der Waals surface area contributed by atoms with Crippen LogP contribution in [0.15, 0.2) is 29.2 Å². The molecule has 27 heavy (non-hydrogen) atoms. The molecule has 0 bridgehead atoms. The molecule has 2 heterocycles. The first-order valence-corrected chi connectivity index (χ1v) is 8.48. The van der Waals surface area contributed by atoms with Crippen molar-refractivity contribution in [2.24, 2.45) is 7.05 Å². The highest BCUT2D eigenvalue weighted by Crippen LogP contribution is 2.28. The van der Waals surface area contributed by atoms with Crippen LogP contribution in [0.4, 0.5) is 11.6 Å². The number of aromatic nitrogens is 4. The van der Waals surface area contributed by atoms with Crippen LogP contribution in [0, 0.1) is 0 Å². The van der Waals surface area contributed by atoms with Gasteiger partial charge in [-0.25, -0.2) is 9.78 Å². The number of nitrogens with zero attached hydrogens (tertiary/aromatic N) is 4. The van der Waals surface area contributed by atoms with Gasteiger partial charge >= 0.3 is 5.69 Å². The average Bonchev–Trinajstić information content (AvgIpc) is 2.91. The molecule has 0 atom stereocenters. The predicted molar refractivity (Wildman–Crippen MR) is 103 cm³/mol. The molecule has 0 aliphatic heterocycles. The number of methoxy groups -OCH3 is 1. The molecule has 0 aliphatic rings. The topological polar surface area (TPSA) is 103 Å². The zero-order chi connectivity index (χ0) is 19.7. The largest absolute Gasteiger partial charge is 0.495 e. The minimum atomic E-state index is -0.206. The van der Waals surface area contributed by atoms with Gasteiger partial charge < -0.3 is 15.4 Å². The summed E-state index contributed by atoms with van der Waals surface area (Å²) in [4.78, 5) is 33.0. The second-order valence-electron chi connectivity index (χ2n) is 6.33. The number of hydrogen-bond donors (Lipinski definition) is 2. The lowest BCUT2D eigenvalue weighted by Gasteiger charge is -2.12. The number of rotatable bonds is 5. The molecule has 1 aromatic carbocycles. The van der Waals surface area contributed by atoms with Gasteiger partial charge in [0, 0.05) is 25.7 Å². The first-order valence-electron chi connectivity index (χ1n) is 8.48. The van der Waals surface area contributed by atoms with Crippen molar-refractivity contribution in [1.82, 2.24) is 24.4 Å². The van der Waals surface area contributed by atoms with Crippen LogP contribution in [0.25, 0.3) is 11.2 Å². The summed E-state index contributed by atoms with van der Waals surface area (Å²) in [6.07, 6.45) is 1.61. The second kappa shape index (κ2) is 7.10. The third kappa shape index (κ3) is 3.23. The number of ether oxygens (including phenoxy) is 1. The van der Waals surface area contributed by atoms with Gasteiger partial charge in [0.2, 0.25) is 5.95 Å². The number of amides is 1. The normalized spacial score (nSPS) is 11.0. The monoisotopic (exact) mass is 370 g/mol. The third-order valence-corrected chi connectivity index (χ3v) is 4.29. The van der Waals surface area contributed by atoms with Gasteiger partial charge in [-0.2, -0.15) is 4.98 Å². The summed E-state index contributed by atoms with van der Waals surface area (Å²) in [6.45, 7) is 3.85. The Bertz CT molecular complexity index is 1070. The molecule has 142 valence electrons. The van der Waals surface area contributed by atoms with E-state index in [1.165, 1.54) is 11.7 Å². The van der Waals surface area contributed by atoms with Crippen molar-refractivity contribution in [3.8, 4) is 5.75 Å². The Morgan fingerprint density at radius 2 is 2.04 bits per heavy atom. The quantitative estimate of drug-likeness (QED) is 0.710. The minimum absolute atomic E-state index is 0.0367. The van der Waals surface area contributed by atoms with Crippen molar-refractivity contribution in [3.63, 3.8) is 0 Å². The van der Waals surface area contributed by atoms with Crippen molar-refractivity contribution >= 4 is 28.7 Å². The Morgan fingerprint density at radius 1 is 1.30 bits per heavy atom. The van der Waals surface area contributed by atoms with Gasteiger partial charge in [-0.15, -0.1) is 0 Å². The predicted octanol–water partition coefficient (Wildman–Crippen LogP) is 1.82. The molecule has 0 saturated heterocycles. The molecule has 3 aromatic rings. The first kappa shape index (κ1) is 18.4. The summed E-state index contributed by atoms with van der Waals surface area (Å²) in [7, 11) is 4.78. The third-order valence-electron chi connectivity index (χ3n) is 4.29. The molecule has 9 nitrogen and oxygen atoms in total. The summed E-state index contributed by atoms with van der Waals surface area (Å²) in [5.41, 5.74) is 2.16. The number of nitrogens with one attached hydrogen (secondary N) is 2. The van der Waals surface area contributed by atoms with E-state index in [9.17, 15) is 9.59 Å². The molecule has 2 aromatic heterocycles. The van der Waals surface area contributed by atoms with E-state index in [4.69, 9.17) is 4.74 Å². The number of anilines is 2. The second-order valence-corrected chi connectivity index (χ2v) is 6.33. The summed E-state index contributed by atoms with van der Waals surface area (Å²) >= 11 is 0. The van der Waals surface area contributed by atoms with Crippen molar-refractivity contribution in [1.29, 1.82) is 0 Å². The Hall–Kier alpha value is -3.36. The maximum atomic E-state index is 12.4. The zero-order valence-electron chi connectivity index (χ0n) is 15.9. The van der Waals surface area contributed by atoms with Crippen LogP contribution >= 0.6 is 0 Å². The summed E-state index contributed by atoms with van der Waals surface area (Å²) in [6, 6.07) is 4.99. The van der Waals surface area contributed by atoms with Crippen LogP contribution in [-0.4, -0.2) is 39.2 Å². The van der Waals surface area contributed by atoms with Crippen LogP contribution < -0.4 is 21.1 Å². The average molecular weight is 370 g/mol. The molecule has 1 amide bonds. The number of hydrogen-bond acceptors (Lipinski definition) is 6. The molecule has 0 aliphatic carbocycles. The molecule has 0 saturated carbocycles. The van der Waals surface area contributed by atoms with Crippen molar-refractivity contribution in [2.45, 2.75) is 19.9 Å². The fraction of sp³-hybridized carbons (Fsp3) is 0.333. The summed E-state index contributed by atoms with van der Waals surface area (Å²) in [5.74, 6) is 0.602. The molecule has 2 N–H and O–H groups in total. The molecular weight excluding hydrogens is 348 g/mol. The number of benzene rings is 1. The van der Waals surface area contributed by atoms with E-state index in [0.717, 1.165) is 0 Å². The minimum Gasteiger partial charge on any atom is -0.495 e. The maximum absolute atomic E-state index is 12.4. The lowest BCUT2D eigenvalue weighted by atomic mass is 10.1. The number of aryl methyl sites for hydroxylation is 1. The number of fused-ring (bicyclic) bond motifs is 1. The Balaban J connectivity index is 2.03. The molecule has 9 heteroatoms. The Morgan fingerprint density at radius 3 is 2.67 bits per heavy atom.